The molecule has 2 aromatic carbocycles. The number of nitrogens with two attached hydrogens (primary N) is 1. The Hall–Kier alpha value is -3.03. The normalized spacial score (nSPS) is 10.6. The molecule has 3 rings (SSSR count). The van der Waals surface area contributed by atoms with Crippen molar-refractivity contribution in [1.82, 2.24) is 4.98 Å². The Bertz CT molecular complexity index is 1040. The number of rotatable bonds is 8. The quantitative estimate of drug-likeness (QED) is 0.408. The third-order valence-electron chi connectivity index (χ3n) is 5.11. The standard InChI is InChI=1S/C25H26ClN3O/c1-3-4-5-6-15-30-21-13-9-18(10-14-21)23-17(2)24(29-25(28)22(23)16-27)19-7-11-20(26)12-8-19/h7-14H,3-6,15H2,1-2H3,(H2,28,29). The first kappa shape index (κ1) is 21.7. The zero-order chi connectivity index (χ0) is 21.5. The van der Waals surface area contributed by atoms with Gasteiger partial charge in [-0.15, -0.1) is 0 Å². The molecule has 0 saturated heterocycles. The zero-order valence-corrected chi connectivity index (χ0v) is 18.2. The lowest BCUT2D eigenvalue weighted by atomic mass is 9.93. The van der Waals surface area contributed by atoms with Crippen molar-refractivity contribution in [3.8, 4) is 34.2 Å². The number of nitriles is 1. The Kier molecular flexibility index (Phi) is 7.32. The predicted octanol–water partition coefficient (Wildman–Crippen LogP) is 6.79. The van der Waals surface area contributed by atoms with Gasteiger partial charge in [0.05, 0.1) is 12.3 Å². The Labute approximate surface area is 183 Å². The number of ether oxygens (including phenoxy) is 1. The summed E-state index contributed by atoms with van der Waals surface area (Å²) in [6.45, 7) is 4.87. The van der Waals surface area contributed by atoms with Crippen LogP contribution in [0.3, 0.4) is 0 Å². The van der Waals surface area contributed by atoms with Crippen LogP contribution in [0.4, 0.5) is 5.82 Å². The Morgan fingerprint density at radius 2 is 1.67 bits per heavy atom. The predicted molar refractivity (Wildman–Crippen MR) is 124 cm³/mol. The van der Waals surface area contributed by atoms with Crippen LogP contribution >= 0.6 is 11.6 Å². The fraction of sp³-hybridized carbons (Fsp3) is 0.280. The molecule has 1 aromatic heterocycles. The molecule has 3 aromatic rings. The van der Waals surface area contributed by atoms with E-state index in [9.17, 15) is 5.26 Å². The number of halogens is 1. The van der Waals surface area contributed by atoms with Crippen LogP contribution in [0.5, 0.6) is 5.75 Å². The molecule has 0 aliphatic carbocycles. The molecule has 4 nitrogen and oxygen atoms in total. The van der Waals surface area contributed by atoms with Gasteiger partial charge in [-0.3, -0.25) is 0 Å². The summed E-state index contributed by atoms with van der Waals surface area (Å²) in [5.74, 6) is 1.05. The Morgan fingerprint density at radius 1 is 1.00 bits per heavy atom. The SMILES string of the molecule is CCCCCCOc1ccc(-c2c(C)c(-c3ccc(Cl)cc3)nc(N)c2C#N)cc1. The van der Waals surface area contributed by atoms with Crippen molar-refractivity contribution in [2.75, 3.05) is 12.3 Å². The molecule has 0 unspecified atom stereocenters. The van der Waals surface area contributed by atoms with Crippen molar-refractivity contribution in [3.05, 3.63) is 64.7 Å². The molecule has 154 valence electrons. The second-order valence-corrected chi connectivity index (χ2v) is 7.71. The second kappa shape index (κ2) is 10.1. The van der Waals surface area contributed by atoms with Gasteiger partial charge in [-0.25, -0.2) is 4.98 Å². The van der Waals surface area contributed by atoms with Crippen LogP contribution in [-0.4, -0.2) is 11.6 Å². The maximum Gasteiger partial charge on any atom is 0.142 e. The number of unbranched alkanes of at least 4 members (excludes halogenated alkanes) is 3. The first-order valence-corrected chi connectivity index (χ1v) is 10.6. The van der Waals surface area contributed by atoms with Gasteiger partial charge in [0.1, 0.15) is 23.2 Å². The van der Waals surface area contributed by atoms with Gasteiger partial charge in [0.2, 0.25) is 0 Å². The highest BCUT2D eigenvalue weighted by Gasteiger charge is 2.18. The van der Waals surface area contributed by atoms with Crippen LogP contribution in [0.1, 0.15) is 43.7 Å². The highest BCUT2D eigenvalue weighted by molar-refractivity contribution is 6.30. The molecule has 30 heavy (non-hydrogen) atoms. The Morgan fingerprint density at radius 3 is 2.30 bits per heavy atom. The number of pyridine rings is 1. The summed E-state index contributed by atoms with van der Waals surface area (Å²) in [4.78, 5) is 4.50. The third kappa shape index (κ3) is 4.93. The van der Waals surface area contributed by atoms with Crippen molar-refractivity contribution < 1.29 is 4.74 Å². The van der Waals surface area contributed by atoms with Gasteiger partial charge in [-0.1, -0.05) is 62.1 Å². The lowest BCUT2D eigenvalue weighted by Gasteiger charge is -2.15. The summed E-state index contributed by atoms with van der Waals surface area (Å²) in [7, 11) is 0. The highest BCUT2D eigenvalue weighted by atomic mass is 35.5. The molecule has 0 amide bonds. The van der Waals surface area contributed by atoms with Crippen LogP contribution in [-0.2, 0) is 0 Å². The zero-order valence-electron chi connectivity index (χ0n) is 17.4. The maximum absolute atomic E-state index is 9.71. The van der Waals surface area contributed by atoms with Gasteiger partial charge in [0.25, 0.3) is 0 Å². The first-order valence-electron chi connectivity index (χ1n) is 10.2. The van der Waals surface area contributed by atoms with Crippen LogP contribution < -0.4 is 10.5 Å². The number of hydrogen-bond acceptors (Lipinski definition) is 4. The van der Waals surface area contributed by atoms with E-state index in [1.807, 2.05) is 55.5 Å². The topological polar surface area (TPSA) is 71.9 Å². The van der Waals surface area contributed by atoms with E-state index < -0.39 is 0 Å². The van der Waals surface area contributed by atoms with Gasteiger partial charge < -0.3 is 10.5 Å². The van der Waals surface area contributed by atoms with Crippen LogP contribution in [0.25, 0.3) is 22.4 Å². The van der Waals surface area contributed by atoms with E-state index in [2.05, 4.69) is 18.0 Å². The van der Waals surface area contributed by atoms with Crippen LogP contribution in [0.15, 0.2) is 48.5 Å². The molecule has 0 spiro atoms. The summed E-state index contributed by atoms with van der Waals surface area (Å²) >= 11 is 6.02. The molecule has 0 saturated carbocycles. The van der Waals surface area contributed by atoms with Gasteiger partial charge in [0, 0.05) is 16.1 Å². The minimum atomic E-state index is 0.222. The van der Waals surface area contributed by atoms with Crippen molar-refractivity contribution in [3.63, 3.8) is 0 Å². The van der Waals surface area contributed by atoms with E-state index in [1.54, 1.807) is 0 Å². The van der Waals surface area contributed by atoms with Crippen molar-refractivity contribution in [2.24, 2.45) is 0 Å². The highest BCUT2D eigenvalue weighted by Crippen LogP contribution is 2.36. The van der Waals surface area contributed by atoms with Crippen LogP contribution in [0, 0.1) is 18.3 Å². The van der Waals surface area contributed by atoms with Gasteiger partial charge in [-0.2, -0.15) is 5.26 Å². The number of benzene rings is 2. The van der Waals surface area contributed by atoms with Crippen LogP contribution in [0.2, 0.25) is 5.02 Å². The molecular formula is C25H26ClN3O. The number of hydrogen-bond donors (Lipinski definition) is 1. The van der Waals surface area contributed by atoms with E-state index in [1.165, 1.54) is 19.3 Å². The van der Waals surface area contributed by atoms with E-state index in [4.69, 9.17) is 22.1 Å². The number of anilines is 1. The summed E-state index contributed by atoms with van der Waals surface area (Å²) < 4.78 is 5.84. The fourth-order valence-corrected chi connectivity index (χ4v) is 3.62. The first-order chi connectivity index (χ1) is 14.5. The van der Waals surface area contributed by atoms with E-state index >= 15 is 0 Å². The molecule has 0 fully saturated rings. The van der Waals surface area contributed by atoms with E-state index in [-0.39, 0.29) is 5.82 Å². The average Bonchev–Trinajstić information content (AvgIpc) is 2.76. The molecular weight excluding hydrogens is 394 g/mol. The monoisotopic (exact) mass is 419 g/mol. The molecule has 0 atom stereocenters. The lowest BCUT2D eigenvalue weighted by molar-refractivity contribution is 0.305. The van der Waals surface area contributed by atoms with Crippen molar-refractivity contribution in [1.29, 1.82) is 5.26 Å². The minimum Gasteiger partial charge on any atom is -0.494 e. The summed E-state index contributed by atoms with van der Waals surface area (Å²) in [5.41, 5.74) is 10.8. The number of aromatic nitrogens is 1. The molecule has 5 heteroatoms. The second-order valence-electron chi connectivity index (χ2n) is 7.27. The van der Waals surface area contributed by atoms with E-state index in [0.29, 0.717) is 17.2 Å². The Balaban J connectivity index is 1.93. The molecule has 0 aliphatic rings. The van der Waals surface area contributed by atoms with Crippen molar-refractivity contribution >= 4 is 17.4 Å². The maximum atomic E-state index is 9.71. The molecule has 0 radical (unpaired) electrons. The lowest BCUT2D eigenvalue weighted by Crippen LogP contribution is -2.03. The third-order valence-corrected chi connectivity index (χ3v) is 5.36. The molecule has 0 bridgehead atoms. The number of nitrogens with zero attached hydrogens (tertiary/aromatic N) is 2. The van der Waals surface area contributed by atoms with Gasteiger partial charge in [-0.05, 0) is 48.7 Å². The largest absolute Gasteiger partial charge is 0.494 e. The fourth-order valence-electron chi connectivity index (χ4n) is 3.49. The smallest absolute Gasteiger partial charge is 0.142 e. The average molecular weight is 420 g/mol. The molecule has 0 aliphatic heterocycles. The molecule has 1 heterocycles. The van der Waals surface area contributed by atoms with Gasteiger partial charge in [0.15, 0.2) is 0 Å². The summed E-state index contributed by atoms with van der Waals surface area (Å²) in [6.07, 6.45) is 4.68. The number of nitrogen functional groups attached to an aromatic ring is 1. The van der Waals surface area contributed by atoms with E-state index in [0.717, 1.165) is 40.1 Å². The summed E-state index contributed by atoms with van der Waals surface area (Å²) in [5, 5.41) is 10.4. The minimum absolute atomic E-state index is 0.222. The molecule has 2 N–H and O–H groups in total. The van der Waals surface area contributed by atoms with Crippen molar-refractivity contribution in [2.45, 2.75) is 39.5 Å². The summed E-state index contributed by atoms with van der Waals surface area (Å²) in [6, 6.07) is 17.5. The van der Waals surface area contributed by atoms with Gasteiger partial charge >= 0.3 is 0 Å².